The normalized spacial score (nSPS) is 11.9. The predicted octanol–water partition coefficient (Wildman–Crippen LogP) is 3.98. The lowest BCUT2D eigenvalue weighted by Gasteiger charge is -2.22. The van der Waals surface area contributed by atoms with Gasteiger partial charge in [-0.15, -0.1) is 0 Å². The molecule has 0 saturated heterocycles. The van der Waals surface area contributed by atoms with E-state index in [1.54, 1.807) is 30.3 Å². The molecule has 0 radical (unpaired) electrons. The van der Waals surface area contributed by atoms with Crippen molar-refractivity contribution in [3.63, 3.8) is 0 Å². The third kappa shape index (κ3) is 4.64. The minimum Gasteiger partial charge on any atom is -0.340 e. The van der Waals surface area contributed by atoms with E-state index in [0.29, 0.717) is 5.69 Å². The van der Waals surface area contributed by atoms with Crippen LogP contribution in [0, 0.1) is 11.7 Å². The Morgan fingerprint density at radius 2 is 1.67 bits per heavy atom. The molecule has 2 amide bonds. The largest absolute Gasteiger partial charge is 0.340 e. The van der Waals surface area contributed by atoms with Crippen LogP contribution in [0.4, 0.5) is 10.1 Å². The van der Waals surface area contributed by atoms with E-state index < -0.39 is 17.8 Å². The van der Waals surface area contributed by atoms with Crippen molar-refractivity contribution >= 4 is 33.4 Å². The minimum atomic E-state index is -0.777. The molecule has 2 N–H and O–H groups in total. The smallest absolute Gasteiger partial charge is 0.254 e. The SMILES string of the molecule is CC(C)[C@H](NC(=O)c1ccccc1F)C(=O)Nc1ccc(Br)cc1. The highest BCUT2D eigenvalue weighted by Gasteiger charge is 2.25. The molecule has 2 aromatic rings. The van der Waals surface area contributed by atoms with Gasteiger partial charge in [0, 0.05) is 10.2 Å². The van der Waals surface area contributed by atoms with Crippen molar-refractivity contribution in [3.8, 4) is 0 Å². The van der Waals surface area contributed by atoms with Crippen LogP contribution in [-0.2, 0) is 4.79 Å². The molecule has 0 heterocycles. The molecule has 0 fully saturated rings. The molecule has 0 bridgehead atoms. The Morgan fingerprint density at radius 1 is 1.04 bits per heavy atom. The monoisotopic (exact) mass is 392 g/mol. The zero-order valence-corrected chi connectivity index (χ0v) is 14.9. The van der Waals surface area contributed by atoms with Gasteiger partial charge >= 0.3 is 0 Å². The third-order valence-corrected chi connectivity index (χ3v) is 3.99. The van der Waals surface area contributed by atoms with E-state index in [0.717, 1.165) is 4.47 Å². The van der Waals surface area contributed by atoms with Crippen molar-refractivity contribution in [2.75, 3.05) is 5.32 Å². The van der Waals surface area contributed by atoms with E-state index in [-0.39, 0.29) is 17.4 Å². The van der Waals surface area contributed by atoms with Gasteiger partial charge in [0.05, 0.1) is 5.56 Å². The summed E-state index contributed by atoms with van der Waals surface area (Å²) in [4.78, 5) is 24.7. The molecule has 0 aliphatic heterocycles. The van der Waals surface area contributed by atoms with Crippen molar-refractivity contribution in [1.29, 1.82) is 0 Å². The van der Waals surface area contributed by atoms with Crippen LogP contribution in [0.2, 0.25) is 0 Å². The Bertz CT molecular complexity index is 732. The maximum absolute atomic E-state index is 13.7. The van der Waals surface area contributed by atoms with Gasteiger partial charge in [-0.2, -0.15) is 0 Å². The molecule has 0 aromatic heterocycles. The summed E-state index contributed by atoms with van der Waals surface area (Å²) in [6.45, 7) is 3.63. The number of nitrogens with one attached hydrogen (secondary N) is 2. The highest BCUT2D eigenvalue weighted by molar-refractivity contribution is 9.10. The number of benzene rings is 2. The van der Waals surface area contributed by atoms with Crippen LogP contribution in [0.1, 0.15) is 24.2 Å². The number of halogens is 2. The summed E-state index contributed by atoms with van der Waals surface area (Å²) in [5.74, 6) is -1.74. The fourth-order valence-electron chi connectivity index (χ4n) is 2.15. The molecule has 1 atom stereocenters. The van der Waals surface area contributed by atoms with Crippen molar-refractivity contribution < 1.29 is 14.0 Å². The zero-order chi connectivity index (χ0) is 17.7. The lowest BCUT2D eigenvalue weighted by molar-refractivity contribution is -0.118. The molecule has 2 aromatic carbocycles. The number of hydrogen-bond donors (Lipinski definition) is 2. The number of carbonyl (C=O) groups is 2. The van der Waals surface area contributed by atoms with Gasteiger partial charge in [-0.1, -0.05) is 41.9 Å². The van der Waals surface area contributed by atoms with Crippen LogP contribution in [0.15, 0.2) is 53.0 Å². The van der Waals surface area contributed by atoms with Crippen molar-refractivity contribution in [1.82, 2.24) is 5.32 Å². The Morgan fingerprint density at radius 3 is 2.25 bits per heavy atom. The van der Waals surface area contributed by atoms with E-state index >= 15 is 0 Å². The maximum atomic E-state index is 13.7. The molecule has 0 aliphatic rings. The number of hydrogen-bond acceptors (Lipinski definition) is 2. The average Bonchev–Trinajstić information content (AvgIpc) is 2.54. The highest BCUT2D eigenvalue weighted by Crippen LogP contribution is 2.15. The van der Waals surface area contributed by atoms with Crippen LogP contribution < -0.4 is 10.6 Å². The first kappa shape index (κ1) is 18.1. The number of amides is 2. The van der Waals surface area contributed by atoms with Gasteiger partial charge in [0.25, 0.3) is 5.91 Å². The first-order valence-electron chi connectivity index (χ1n) is 7.50. The van der Waals surface area contributed by atoms with Gasteiger partial charge in [0.1, 0.15) is 11.9 Å². The summed E-state index contributed by atoms with van der Waals surface area (Å²) < 4.78 is 14.6. The molecular weight excluding hydrogens is 375 g/mol. The van der Waals surface area contributed by atoms with Gasteiger partial charge in [-0.05, 0) is 42.3 Å². The third-order valence-electron chi connectivity index (χ3n) is 3.47. The van der Waals surface area contributed by atoms with Crippen LogP contribution in [0.3, 0.4) is 0 Å². The number of anilines is 1. The summed E-state index contributed by atoms with van der Waals surface area (Å²) in [6, 6.07) is 12.0. The molecule has 0 spiro atoms. The summed E-state index contributed by atoms with van der Waals surface area (Å²) in [6.07, 6.45) is 0. The maximum Gasteiger partial charge on any atom is 0.254 e. The Kier molecular flexibility index (Phi) is 6.09. The topological polar surface area (TPSA) is 58.2 Å². The van der Waals surface area contributed by atoms with Crippen LogP contribution in [0.5, 0.6) is 0 Å². The van der Waals surface area contributed by atoms with Crippen LogP contribution in [-0.4, -0.2) is 17.9 Å². The number of rotatable bonds is 5. The van der Waals surface area contributed by atoms with E-state index in [4.69, 9.17) is 0 Å². The zero-order valence-electron chi connectivity index (χ0n) is 13.3. The van der Waals surface area contributed by atoms with Crippen LogP contribution >= 0.6 is 15.9 Å². The fraction of sp³-hybridized carbons (Fsp3) is 0.222. The second-order valence-corrected chi connectivity index (χ2v) is 6.59. The van der Waals surface area contributed by atoms with Crippen molar-refractivity contribution in [2.45, 2.75) is 19.9 Å². The molecule has 0 saturated carbocycles. The Balaban J connectivity index is 2.11. The summed E-state index contributed by atoms with van der Waals surface area (Å²) in [7, 11) is 0. The van der Waals surface area contributed by atoms with E-state index in [1.807, 2.05) is 13.8 Å². The van der Waals surface area contributed by atoms with Gasteiger partial charge < -0.3 is 10.6 Å². The Labute approximate surface area is 148 Å². The molecule has 2 rings (SSSR count). The first-order chi connectivity index (χ1) is 11.4. The first-order valence-corrected chi connectivity index (χ1v) is 8.29. The van der Waals surface area contributed by atoms with E-state index in [9.17, 15) is 14.0 Å². The Hall–Kier alpha value is -2.21. The summed E-state index contributed by atoms with van der Waals surface area (Å²) in [5, 5.41) is 5.36. The van der Waals surface area contributed by atoms with E-state index in [1.165, 1.54) is 18.2 Å². The summed E-state index contributed by atoms with van der Waals surface area (Å²) in [5.41, 5.74) is 0.536. The molecule has 4 nitrogen and oxygen atoms in total. The fourth-order valence-corrected chi connectivity index (χ4v) is 2.42. The van der Waals surface area contributed by atoms with Crippen molar-refractivity contribution in [2.24, 2.45) is 5.92 Å². The van der Waals surface area contributed by atoms with Gasteiger partial charge in [0.15, 0.2) is 0 Å². The second kappa shape index (κ2) is 8.06. The van der Waals surface area contributed by atoms with Gasteiger partial charge in [0.2, 0.25) is 5.91 Å². The molecule has 6 heteroatoms. The minimum absolute atomic E-state index is 0.0837. The molecular formula is C18H18BrFN2O2. The van der Waals surface area contributed by atoms with Crippen LogP contribution in [0.25, 0.3) is 0 Å². The predicted molar refractivity (Wildman–Crippen MR) is 95.3 cm³/mol. The van der Waals surface area contributed by atoms with E-state index in [2.05, 4.69) is 26.6 Å². The molecule has 0 unspecified atom stereocenters. The second-order valence-electron chi connectivity index (χ2n) is 5.67. The standard InChI is InChI=1S/C18H18BrFN2O2/c1-11(2)16(18(24)21-13-9-7-12(19)8-10-13)22-17(23)14-5-3-4-6-15(14)20/h3-11,16H,1-2H3,(H,21,24)(H,22,23)/t16-/m0/s1. The lowest BCUT2D eigenvalue weighted by Crippen LogP contribution is -2.47. The quantitative estimate of drug-likeness (QED) is 0.808. The average molecular weight is 393 g/mol. The van der Waals surface area contributed by atoms with Gasteiger partial charge in [-0.25, -0.2) is 4.39 Å². The highest BCUT2D eigenvalue weighted by atomic mass is 79.9. The molecule has 0 aliphatic carbocycles. The van der Waals surface area contributed by atoms with Gasteiger partial charge in [-0.3, -0.25) is 9.59 Å². The number of carbonyl (C=O) groups excluding carboxylic acids is 2. The molecule has 24 heavy (non-hydrogen) atoms. The lowest BCUT2D eigenvalue weighted by atomic mass is 10.0. The summed E-state index contributed by atoms with van der Waals surface area (Å²) >= 11 is 3.32. The molecule has 126 valence electrons. The van der Waals surface area contributed by atoms with Crippen molar-refractivity contribution in [3.05, 3.63) is 64.4 Å².